The summed E-state index contributed by atoms with van der Waals surface area (Å²) in [4.78, 5) is 21.1. The molecule has 0 aromatic carbocycles. The number of carbonyl (C=O) groups excluding carboxylic acids is 1. The second-order valence-electron chi connectivity index (χ2n) is 7.75. The number of carbonyl (C=O) groups is 1. The van der Waals surface area contributed by atoms with Crippen LogP contribution in [0.2, 0.25) is 0 Å². The van der Waals surface area contributed by atoms with Gasteiger partial charge in [-0.2, -0.15) is 28.6 Å². The molecule has 3 rings (SSSR count). The Labute approximate surface area is 203 Å². The van der Waals surface area contributed by atoms with E-state index in [0.29, 0.717) is 27.4 Å². The first-order valence-corrected chi connectivity index (χ1v) is 13.7. The molecule has 3 heterocycles. The zero-order valence-electron chi connectivity index (χ0n) is 19.7. The summed E-state index contributed by atoms with van der Waals surface area (Å²) in [6, 6.07) is 0. The van der Waals surface area contributed by atoms with E-state index in [2.05, 4.69) is 73.1 Å². The Morgan fingerprint density at radius 3 is 2.03 bits per heavy atom. The molecule has 0 spiro atoms. The van der Waals surface area contributed by atoms with Crippen molar-refractivity contribution in [3.05, 3.63) is 28.1 Å². The topological polar surface area (TPSA) is 124 Å². The first-order chi connectivity index (χ1) is 15.2. The van der Waals surface area contributed by atoms with E-state index in [4.69, 9.17) is 4.42 Å². The van der Waals surface area contributed by atoms with Gasteiger partial charge in [-0.15, -0.1) is 16.9 Å². The average Bonchev–Trinajstić information content (AvgIpc) is 3.47. The lowest BCUT2D eigenvalue weighted by Crippen LogP contribution is -2.22. The summed E-state index contributed by atoms with van der Waals surface area (Å²) in [6.07, 6.45) is 1.70. The van der Waals surface area contributed by atoms with Crippen molar-refractivity contribution in [2.45, 2.75) is 63.0 Å². The highest BCUT2D eigenvalue weighted by molar-refractivity contribution is 8.00. The molecule has 0 fully saturated rings. The smallest absolute Gasteiger partial charge is 0.392 e. The standard InChI is InChI=1S/C8H13NOS.C6H13N3S.C6H10N2O2S/c1-6(2)11-5-7-3-8(10)9-4-7;1-5(2)10-4-6-3-7-9-8-6;1-4(2)11-3-5-7-8-6(9)10-5/h3,6H,4-5H2,1-2H3,(H,9,10);5,7,9H,3-4H2,1-2H3;4H,3H2,1-2H3,(H,8,9). The number of hydrogen-bond acceptors (Lipinski definition) is 10. The summed E-state index contributed by atoms with van der Waals surface area (Å²) in [5.74, 6) is 2.72. The average molecular weight is 505 g/mol. The monoisotopic (exact) mass is 504 g/mol. The van der Waals surface area contributed by atoms with Crippen molar-refractivity contribution in [3.63, 3.8) is 0 Å². The molecule has 1 aromatic heterocycles. The third-order valence-electron chi connectivity index (χ3n) is 3.62. The number of aromatic nitrogens is 2. The molecule has 1 aromatic rings. The molecule has 2 aliphatic heterocycles. The van der Waals surface area contributed by atoms with Crippen molar-refractivity contribution >= 4 is 46.9 Å². The van der Waals surface area contributed by atoms with Gasteiger partial charge in [0.1, 0.15) is 0 Å². The molecule has 182 valence electrons. The summed E-state index contributed by atoms with van der Waals surface area (Å²) >= 11 is 5.47. The zero-order valence-corrected chi connectivity index (χ0v) is 22.1. The molecule has 0 saturated heterocycles. The van der Waals surface area contributed by atoms with Gasteiger partial charge in [-0.3, -0.25) is 4.79 Å². The molecule has 12 heteroatoms. The fourth-order valence-corrected chi connectivity index (χ4v) is 4.09. The maximum atomic E-state index is 10.7. The van der Waals surface area contributed by atoms with Crippen LogP contribution in [-0.4, -0.2) is 62.2 Å². The van der Waals surface area contributed by atoms with E-state index in [-0.39, 0.29) is 5.91 Å². The van der Waals surface area contributed by atoms with Crippen molar-refractivity contribution in [1.29, 1.82) is 0 Å². The van der Waals surface area contributed by atoms with Crippen LogP contribution < -0.4 is 22.0 Å². The summed E-state index contributed by atoms with van der Waals surface area (Å²) in [5, 5.41) is 14.5. The highest BCUT2D eigenvalue weighted by Gasteiger charge is 2.10. The number of hydrazine groups is 1. The van der Waals surface area contributed by atoms with Crippen LogP contribution in [0, 0.1) is 0 Å². The number of thioether (sulfide) groups is 3. The Morgan fingerprint density at radius 1 is 0.938 bits per heavy atom. The minimum atomic E-state index is -0.482. The van der Waals surface area contributed by atoms with E-state index in [1.165, 1.54) is 11.3 Å². The van der Waals surface area contributed by atoms with Gasteiger partial charge in [-0.05, 0) is 21.3 Å². The second-order valence-corrected chi connectivity index (χ2v) is 12.4. The van der Waals surface area contributed by atoms with Gasteiger partial charge < -0.3 is 9.73 Å². The summed E-state index contributed by atoms with van der Waals surface area (Å²) < 4.78 is 4.69. The number of hydrazone groups is 1. The SMILES string of the molecule is CC(C)SCC1=CC(=O)NC1.CC(C)SCC1=NNNC1.CC(C)SCc1n[nH]c(=O)o1. The molecule has 0 unspecified atom stereocenters. The minimum absolute atomic E-state index is 0.0596. The first kappa shape index (κ1) is 28.7. The molecule has 1 amide bonds. The lowest BCUT2D eigenvalue weighted by atomic mass is 10.3. The molecule has 2 aliphatic rings. The molecular formula is C20H36N6O3S3. The Bertz CT molecular complexity index is 790. The third-order valence-corrected chi connectivity index (χ3v) is 7.07. The van der Waals surface area contributed by atoms with Crippen LogP contribution >= 0.6 is 35.3 Å². The van der Waals surface area contributed by atoms with E-state index < -0.39 is 5.76 Å². The summed E-state index contributed by atoms with van der Waals surface area (Å²) in [7, 11) is 0. The van der Waals surface area contributed by atoms with Gasteiger partial charge in [-0.25, -0.2) is 20.9 Å². The number of nitrogens with one attached hydrogen (secondary N) is 4. The molecule has 4 N–H and O–H groups in total. The predicted octanol–water partition coefficient (Wildman–Crippen LogP) is 2.78. The van der Waals surface area contributed by atoms with Crippen LogP contribution in [-0.2, 0) is 10.5 Å². The lowest BCUT2D eigenvalue weighted by molar-refractivity contribution is -0.115. The lowest BCUT2D eigenvalue weighted by Gasteiger charge is -2.03. The van der Waals surface area contributed by atoms with E-state index in [0.717, 1.165) is 24.6 Å². The number of nitrogens with zero attached hydrogens (tertiary/aromatic N) is 2. The van der Waals surface area contributed by atoms with Gasteiger partial charge in [0.2, 0.25) is 11.8 Å². The molecule has 0 radical (unpaired) electrons. The quantitative estimate of drug-likeness (QED) is 0.402. The minimum Gasteiger partial charge on any atom is -0.392 e. The molecule has 9 nitrogen and oxygen atoms in total. The Hall–Kier alpha value is -1.37. The summed E-state index contributed by atoms with van der Waals surface area (Å²) in [6.45, 7) is 14.5. The van der Waals surface area contributed by atoms with E-state index in [9.17, 15) is 9.59 Å². The van der Waals surface area contributed by atoms with Crippen LogP contribution in [0.4, 0.5) is 0 Å². The molecular weight excluding hydrogens is 468 g/mol. The number of rotatable bonds is 9. The van der Waals surface area contributed by atoms with Gasteiger partial charge in [0.15, 0.2) is 0 Å². The highest BCUT2D eigenvalue weighted by atomic mass is 32.2. The third kappa shape index (κ3) is 14.6. The van der Waals surface area contributed by atoms with Crippen molar-refractivity contribution in [1.82, 2.24) is 26.5 Å². The second kappa shape index (κ2) is 16.3. The van der Waals surface area contributed by atoms with Crippen LogP contribution in [0.1, 0.15) is 47.4 Å². The predicted molar refractivity (Wildman–Crippen MR) is 138 cm³/mol. The van der Waals surface area contributed by atoms with Gasteiger partial charge in [0.05, 0.1) is 18.0 Å². The van der Waals surface area contributed by atoms with Crippen molar-refractivity contribution in [3.8, 4) is 0 Å². The molecule has 0 bridgehead atoms. The van der Waals surface area contributed by atoms with Gasteiger partial charge >= 0.3 is 5.76 Å². The Balaban J connectivity index is 0.000000240. The van der Waals surface area contributed by atoms with Crippen LogP contribution in [0.3, 0.4) is 0 Å². The van der Waals surface area contributed by atoms with E-state index in [1.807, 2.05) is 23.5 Å². The molecule has 0 saturated carbocycles. The molecule has 0 atom stereocenters. The number of aromatic amines is 1. The van der Waals surface area contributed by atoms with Crippen molar-refractivity contribution < 1.29 is 9.21 Å². The largest absolute Gasteiger partial charge is 0.434 e. The first-order valence-electron chi connectivity index (χ1n) is 10.6. The van der Waals surface area contributed by atoms with Crippen molar-refractivity contribution in [2.24, 2.45) is 5.10 Å². The Kier molecular flexibility index (Phi) is 14.6. The van der Waals surface area contributed by atoms with Crippen LogP contribution in [0.15, 0.2) is 26.0 Å². The maximum Gasteiger partial charge on any atom is 0.434 e. The number of H-pyrrole nitrogens is 1. The molecule has 32 heavy (non-hydrogen) atoms. The maximum absolute atomic E-state index is 10.7. The van der Waals surface area contributed by atoms with Gasteiger partial charge in [-0.1, -0.05) is 41.5 Å². The zero-order chi connectivity index (χ0) is 23.9. The fourth-order valence-electron chi connectivity index (χ4n) is 2.06. The summed E-state index contributed by atoms with van der Waals surface area (Å²) in [5.41, 5.74) is 8.07. The van der Waals surface area contributed by atoms with Gasteiger partial charge in [0.25, 0.3) is 0 Å². The van der Waals surface area contributed by atoms with Crippen LogP contribution in [0.25, 0.3) is 0 Å². The molecule has 0 aliphatic carbocycles. The normalized spacial score (nSPS) is 15.0. The van der Waals surface area contributed by atoms with Crippen LogP contribution in [0.5, 0.6) is 0 Å². The number of amides is 1. The fraction of sp³-hybridized carbons (Fsp3) is 0.700. The van der Waals surface area contributed by atoms with E-state index in [1.54, 1.807) is 17.8 Å². The van der Waals surface area contributed by atoms with Gasteiger partial charge in [0, 0.05) is 24.1 Å². The van der Waals surface area contributed by atoms with Crippen molar-refractivity contribution in [2.75, 3.05) is 24.6 Å². The number of hydrogen-bond donors (Lipinski definition) is 4. The highest BCUT2D eigenvalue weighted by Crippen LogP contribution is 2.15. The van der Waals surface area contributed by atoms with E-state index >= 15 is 0 Å². The Morgan fingerprint density at radius 2 is 1.56 bits per heavy atom.